The second-order valence-electron chi connectivity index (χ2n) is 5.42. The molecule has 0 aromatic carbocycles. The third-order valence-corrected chi connectivity index (χ3v) is 2.34. The van der Waals surface area contributed by atoms with Crippen LogP contribution in [-0.2, 0) is 14.3 Å². The van der Waals surface area contributed by atoms with Gasteiger partial charge in [0, 0.05) is 18.7 Å². The molecule has 0 amide bonds. The molecule has 0 radical (unpaired) electrons. The molecule has 4 heteroatoms. The van der Waals surface area contributed by atoms with Crippen molar-refractivity contribution in [2.45, 2.75) is 58.2 Å². The molecule has 1 heterocycles. The van der Waals surface area contributed by atoms with E-state index in [1.807, 2.05) is 27.7 Å². The molecule has 1 rings (SSSR count). The lowest BCUT2D eigenvalue weighted by Crippen LogP contribution is -2.39. The summed E-state index contributed by atoms with van der Waals surface area (Å²) >= 11 is 0. The minimum absolute atomic E-state index is 0.140. The van der Waals surface area contributed by atoms with Gasteiger partial charge in [-0.15, -0.1) is 0 Å². The van der Waals surface area contributed by atoms with Crippen molar-refractivity contribution in [2.75, 3.05) is 13.2 Å². The Morgan fingerprint density at radius 2 is 2.25 bits per heavy atom. The van der Waals surface area contributed by atoms with Crippen molar-refractivity contribution in [3.63, 3.8) is 0 Å². The summed E-state index contributed by atoms with van der Waals surface area (Å²) in [5.74, 6) is -0.147. The fourth-order valence-electron chi connectivity index (χ4n) is 1.76. The first kappa shape index (κ1) is 13.5. The second kappa shape index (κ2) is 5.64. The summed E-state index contributed by atoms with van der Waals surface area (Å²) < 4.78 is 10.5. The summed E-state index contributed by atoms with van der Waals surface area (Å²) in [5, 5.41) is 3.37. The number of esters is 1. The van der Waals surface area contributed by atoms with Crippen LogP contribution in [0.15, 0.2) is 0 Å². The molecule has 1 N–H and O–H groups in total. The molecule has 16 heavy (non-hydrogen) atoms. The number of hydrogen-bond donors (Lipinski definition) is 1. The van der Waals surface area contributed by atoms with E-state index < -0.39 is 5.60 Å². The van der Waals surface area contributed by atoms with E-state index in [-0.39, 0.29) is 12.0 Å². The first-order valence-corrected chi connectivity index (χ1v) is 5.92. The highest BCUT2D eigenvalue weighted by Gasteiger charge is 2.21. The van der Waals surface area contributed by atoms with Crippen molar-refractivity contribution >= 4 is 5.97 Å². The summed E-state index contributed by atoms with van der Waals surface area (Å²) in [6, 6.07) is 0.527. The fraction of sp³-hybridized carbons (Fsp3) is 0.917. The van der Waals surface area contributed by atoms with Gasteiger partial charge in [0.05, 0.1) is 13.0 Å². The number of hydrogen-bond acceptors (Lipinski definition) is 4. The lowest BCUT2D eigenvalue weighted by atomic mass is 10.1. The maximum absolute atomic E-state index is 11.5. The lowest BCUT2D eigenvalue weighted by Gasteiger charge is -2.22. The zero-order valence-corrected chi connectivity index (χ0v) is 10.7. The van der Waals surface area contributed by atoms with Crippen LogP contribution in [0.1, 0.15) is 40.5 Å². The largest absolute Gasteiger partial charge is 0.460 e. The van der Waals surface area contributed by atoms with E-state index >= 15 is 0 Å². The SMILES string of the molecule is CC(CC(=O)OC(C)(C)C)NC1CCOC1. The van der Waals surface area contributed by atoms with Crippen molar-refractivity contribution in [1.29, 1.82) is 0 Å². The monoisotopic (exact) mass is 229 g/mol. The molecule has 1 saturated heterocycles. The number of ether oxygens (including phenoxy) is 2. The number of rotatable bonds is 4. The topological polar surface area (TPSA) is 47.6 Å². The Labute approximate surface area is 97.7 Å². The van der Waals surface area contributed by atoms with Crippen LogP contribution >= 0.6 is 0 Å². The predicted molar refractivity (Wildman–Crippen MR) is 62.3 cm³/mol. The van der Waals surface area contributed by atoms with Gasteiger partial charge < -0.3 is 14.8 Å². The van der Waals surface area contributed by atoms with E-state index in [9.17, 15) is 4.79 Å². The van der Waals surface area contributed by atoms with E-state index in [4.69, 9.17) is 9.47 Å². The molecular formula is C12H23NO3. The van der Waals surface area contributed by atoms with E-state index in [2.05, 4.69) is 5.32 Å². The standard InChI is InChI=1S/C12H23NO3/c1-9(13-10-5-6-15-8-10)7-11(14)16-12(2,3)4/h9-10,13H,5-8H2,1-4H3. The highest BCUT2D eigenvalue weighted by Crippen LogP contribution is 2.10. The second-order valence-corrected chi connectivity index (χ2v) is 5.42. The zero-order chi connectivity index (χ0) is 12.2. The van der Waals surface area contributed by atoms with Crippen molar-refractivity contribution in [1.82, 2.24) is 5.32 Å². The molecule has 0 aromatic rings. The lowest BCUT2D eigenvalue weighted by molar-refractivity contribution is -0.155. The van der Waals surface area contributed by atoms with Crippen LogP contribution < -0.4 is 5.32 Å². The van der Waals surface area contributed by atoms with E-state index in [0.29, 0.717) is 12.5 Å². The molecule has 1 fully saturated rings. The summed E-state index contributed by atoms with van der Waals surface area (Å²) in [6.45, 7) is 9.22. The Morgan fingerprint density at radius 1 is 1.56 bits per heavy atom. The van der Waals surface area contributed by atoms with Crippen LogP contribution in [0.4, 0.5) is 0 Å². The van der Waals surface area contributed by atoms with Crippen molar-refractivity contribution in [3.8, 4) is 0 Å². The molecule has 94 valence electrons. The molecule has 0 saturated carbocycles. The zero-order valence-electron chi connectivity index (χ0n) is 10.7. The first-order valence-electron chi connectivity index (χ1n) is 5.92. The van der Waals surface area contributed by atoms with Gasteiger partial charge >= 0.3 is 5.97 Å². The van der Waals surface area contributed by atoms with Gasteiger partial charge in [-0.05, 0) is 34.1 Å². The molecule has 2 atom stereocenters. The predicted octanol–water partition coefficient (Wildman–Crippen LogP) is 1.49. The smallest absolute Gasteiger partial charge is 0.307 e. The Bertz CT molecular complexity index is 229. The minimum Gasteiger partial charge on any atom is -0.460 e. The van der Waals surface area contributed by atoms with Crippen molar-refractivity contribution in [3.05, 3.63) is 0 Å². The normalized spacial score (nSPS) is 23.1. The Balaban J connectivity index is 2.22. The third kappa shape index (κ3) is 5.47. The van der Waals surface area contributed by atoms with Crippen LogP contribution in [-0.4, -0.2) is 36.9 Å². The molecule has 1 aliphatic rings. The van der Waals surface area contributed by atoms with E-state index in [1.54, 1.807) is 0 Å². The van der Waals surface area contributed by atoms with E-state index in [0.717, 1.165) is 19.6 Å². The molecule has 1 aliphatic heterocycles. The number of nitrogens with one attached hydrogen (secondary N) is 1. The van der Waals surface area contributed by atoms with Crippen LogP contribution in [0.25, 0.3) is 0 Å². The average molecular weight is 229 g/mol. The number of carbonyl (C=O) groups is 1. The van der Waals surface area contributed by atoms with Crippen LogP contribution in [0.2, 0.25) is 0 Å². The summed E-state index contributed by atoms with van der Waals surface area (Å²) in [6.07, 6.45) is 1.44. The summed E-state index contributed by atoms with van der Waals surface area (Å²) in [4.78, 5) is 11.5. The number of carbonyl (C=O) groups excluding carboxylic acids is 1. The maximum atomic E-state index is 11.5. The third-order valence-electron chi connectivity index (χ3n) is 2.34. The Morgan fingerprint density at radius 3 is 2.75 bits per heavy atom. The molecule has 0 aromatic heterocycles. The van der Waals surface area contributed by atoms with Gasteiger partial charge in [0.25, 0.3) is 0 Å². The van der Waals surface area contributed by atoms with Gasteiger partial charge in [0.1, 0.15) is 5.60 Å². The quantitative estimate of drug-likeness (QED) is 0.742. The minimum atomic E-state index is -0.396. The molecule has 0 bridgehead atoms. The van der Waals surface area contributed by atoms with Crippen LogP contribution in [0.3, 0.4) is 0 Å². The molecule has 0 spiro atoms. The van der Waals surface area contributed by atoms with Gasteiger partial charge in [0.2, 0.25) is 0 Å². The van der Waals surface area contributed by atoms with Gasteiger partial charge in [0.15, 0.2) is 0 Å². The molecule has 4 nitrogen and oxygen atoms in total. The van der Waals surface area contributed by atoms with Gasteiger partial charge in [-0.1, -0.05) is 0 Å². The van der Waals surface area contributed by atoms with Crippen molar-refractivity contribution < 1.29 is 14.3 Å². The van der Waals surface area contributed by atoms with Gasteiger partial charge in [-0.3, -0.25) is 4.79 Å². The maximum Gasteiger partial charge on any atom is 0.307 e. The highest BCUT2D eigenvalue weighted by molar-refractivity contribution is 5.70. The summed E-state index contributed by atoms with van der Waals surface area (Å²) in [5.41, 5.74) is -0.396. The highest BCUT2D eigenvalue weighted by atomic mass is 16.6. The van der Waals surface area contributed by atoms with Crippen LogP contribution in [0.5, 0.6) is 0 Å². The van der Waals surface area contributed by atoms with Crippen molar-refractivity contribution in [2.24, 2.45) is 0 Å². The average Bonchev–Trinajstić information content (AvgIpc) is 2.51. The molecule has 2 unspecified atom stereocenters. The van der Waals surface area contributed by atoms with Gasteiger partial charge in [-0.25, -0.2) is 0 Å². The Kier molecular flexibility index (Phi) is 4.74. The van der Waals surface area contributed by atoms with Gasteiger partial charge in [-0.2, -0.15) is 0 Å². The van der Waals surface area contributed by atoms with E-state index in [1.165, 1.54) is 0 Å². The molecule has 0 aliphatic carbocycles. The fourth-order valence-corrected chi connectivity index (χ4v) is 1.76. The molecular weight excluding hydrogens is 206 g/mol. The first-order chi connectivity index (χ1) is 7.37. The summed E-state index contributed by atoms with van der Waals surface area (Å²) in [7, 11) is 0. The van der Waals surface area contributed by atoms with Crippen LogP contribution in [0, 0.1) is 0 Å². The Hall–Kier alpha value is -0.610.